The van der Waals surface area contributed by atoms with Gasteiger partial charge in [-0.1, -0.05) is 6.07 Å². The number of hydrogen-bond acceptors (Lipinski definition) is 4. The molecule has 2 aromatic heterocycles. The van der Waals surface area contributed by atoms with Crippen LogP contribution in [0.2, 0.25) is 0 Å². The Hall–Kier alpha value is -3.42. The molecular formula is C16H12FN3O4. The number of aromatic carboxylic acids is 1. The Balaban J connectivity index is 1.92. The van der Waals surface area contributed by atoms with Crippen LogP contribution in [0.3, 0.4) is 0 Å². The van der Waals surface area contributed by atoms with E-state index in [0.29, 0.717) is 16.7 Å². The van der Waals surface area contributed by atoms with E-state index in [2.05, 4.69) is 15.3 Å². The summed E-state index contributed by atoms with van der Waals surface area (Å²) in [4.78, 5) is 29.9. The number of ether oxygens (including phenoxy) is 1. The fourth-order valence-electron chi connectivity index (χ4n) is 2.29. The third kappa shape index (κ3) is 2.76. The van der Waals surface area contributed by atoms with Crippen LogP contribution < -0.4 is 10.1 Å². The molecule has 0 aliphatic heterocycles. The lowest BCUT2D eigenvalue weighted by Crippen LogP contribution is -2.15. The summed E-state index contributed by atoms with van der Waals surface area (Å²) in [5.74, 6) is -2.41. The highest BCUT2D eigenvalue weighted by Crippen LogP contribution is 2.23. The molecule has 0 aliphatic carbocycles. The topological polar surface area (TPSA) is 104 Å². The van der Waals surface area contributed by atoms with E-state index in [4.69, 9.17) is 9.84 Å². The van der Waals surface area contributed by atoms with Crippen LogP contribution in [0.5, 0.6) is 5.75 Å². The largest absolute Gasteiger partial charge is 0.496 e. The molecule has 3 rings (SSSR count). The number of aromatic amines is 1. The number of fused-ring (bicyclic) bond motifs is 1. The van der Waals surface area contributed by atoms with E-state index < -0.39 is 17.7 Å². The highest BCUT2D eigenvalue weighted by atomic mass is 19.1. The van der Waals surface area contributed by atoms with Gasteiger partial charge in [-0.15, -0.1) is 0 Å². The van der Waals surface area contributed by atoms with Crippen molar-refractivity contribution in [2.75, 3.05) is 12.4 Å². The predicted molar refractivity (Wildman–Crippen MR) is 84.0 cm³/mol. The van der Waals surface area contributed by atoms with Gasteiger partial charge in [0.1, 0.15) is 28.5 Å². The number of rotatable bonds is 4. The number of pyridine rings is 1. The first-order valence-corrected chi connectivity index (χ1v) is 6.85. The number of nitrogens with one attached hydrogen (secondary N) is 2. The lowest BCUT2D eigenvalue weighted by Gasteiger charge is -2.10. The van der Waals surface area contributed by atoms with Gasteiger partial charge in [-0.25, -0.2) is 14.2 Å². The smallest absolute Gasteiger partial charge is 0.352 e. The third-order valence-corrected chi connectivity index (χ3v) is 3.38. The maximum absolute atomic E-state index is 13.9. The van der Waals surface area contributed by atoms with E-state index in [1.54, 1.807) is 0 Å². The molecule has 1 amide bonds. The van der Waals surface area contributed by atoms with Gasteiger partial charge >= 0.3 is 5.97 Å². The number of halogens is 1. The summed E-state index contributed by atoms with van der Waals surface area (Å²) < 4.78 is 18.9. The van der Waals surface area contributed by atoms with Crippen LogP contribution in [-0.4, -0.2) is 34.1 Å². The fraction of sp³-hybridized carbons (Fsp3) is 0.0625. The summed E-state index contributed by atoms with van der Waals surface area (Å²) in [5.41, 5.74) is 0.430. The molecule has 2 heterocycles. The normalized spacial score (nSPS) is 10.6. The predicted octanol–water partition coefficient (Wildman–Crippen LogP) is 2.66. The van der Waals surface area contributed by atoms with E-state index in [1.807, 2.05) is 0 Å². The number of carboxylic acids is 1. The monoisotopic (exact) mass is 329 g/mol. The first kappa shape index (κ1) is 15.5. The van der Waals surface area contributed by atoms with Gasteiger partial charge in [-0.2, -0.15) is 0 Å². The lowest BCUT2D eigenvalue weighted by atomic mass is 10.1. The van der Waals surface area contributed by atoms with Crippen molar-refractivity contribution in [2.45, 2.75) is 0 Å². The van der Waals surface area contributed by atoms with Crippen LogP contribution in [0.25, 0.3) is 11.0 Å². The summed E-state index contributed by atoms with van der Waals surface area (Å²) in [5, 5.41) is 12.0. The zero-order valence-electron chi connectivity index (χ0n) is 12.5. The van der Waals surface area contributed by atoms with Crippen molar-refractivity contribution in [3.05, 3.63) is 53.6 Å². The SMILES string of the molecule is COc1cccc(F)c1C(=O)Nc1cnc2[nH]c(C(=O)O)cc2c1. The van der Waals surface area contributed by atoms with Crippen molar-refractivity contribution < 1.29 is 23.8 Å². The number of benzene rings is 1. The van der Waals surface area contributed by atoms with Crippen molar-refractivity contribution >= 4 is 28.6 Å². The molecule has 0 bridgehead atoms. The van der Waals surface area contributed by atoms with Crippen LogP contribution in [0, 0.1) is 5.82 Å². The molecule has 24 heavy (non-hydrogen) atoms. The summed E-state index contributed by atoms with van der Waals surface area (Å²) in [6, 6.07) is 7.00. The fourth-order valence-corrected chi connectivity index (χ4v) is 2.29. The Bertz CT molecular complexity index is 952. The highest BCUT2D eigenvalue weighted by molar-refractivity contribution is 6.07. The van der Waals surface area contributed by atoms with Crippen molar-refractivity contribution in [1.29, 1.82) is 0 Å². The van der Waals surface area contributed by atoms with Crippen LogP contribution in [-0.2, 0) is 0 Å². The van der Waals surface area contributed by atoms with Gasteiger partial charge in [0.15, 0.2) is 0 Å². The number of carboxylic acid groups (broad SMARTS) is 1. The summed E-state index contributed by atoms with van der Waals surface area (Å²) in [7, 11) is 1.34. The molecule has 0 saturated carbocycles. The molecule has 3 N–H and O–H groups in total. The Kier molecular flexibility index (Phi) is 3.87. The number of anilines is 1. The maximum Gasteiger partial charge on any atom is 0.352 e. The number of amides is 1. The molecule has 0 atom stereocenters. The summed E-state index contributed by atoms with van der Waals surface area (Å²) >= 11 is 0. The standard InChI is InChI=1S/C16H12FN3O4/c1-24-12-4-2-3-10(17)13(12)15(21)19-9-5-8-6-11(16(22)23)20-14(8)18-7-9/h2-7H,1H3,(H,18,20)(H,19,21)(H,22,23). The average Bonchev–Trinajstić information content (AvgIpc) is 2.98. The van der Waals surface area contributed by atoms with E-state index in [1.165, 1.54) is 37.6 Å². The Morgan fingerprint density at radius 2 is 2.12 bits per heavy atom. The summed E-state index contributed by atoms with van der Waals surface area (Å²) in [6.45, 7) is 0. The minimum atomic E-state index is -1.12. The second-order valence-corrected chi connectivity index (χ2v) is 4.92. The molecular weight excluding hydrogens is 317 g/mol. The van der Waals surface area contributed by atoms with Gasteiger partial charge in [-0.3, -0.25) is 4.79 Å². The van der Waals surface area contributed by atoms with Gasteiger partial charge in [-0.05, 0) is 24.3 Å². The van der Waals surface area contributed by atoms with Crippen molar-refractivity contribution in [2.24, 2.45) is 0 Å². The second kappa shape index (κ2) is 5.99. The molecule has 0 radical (unpaired) electrons. The Morgan fingerprint density at radius 3 is 2.83 bits per heavy atom. The highest BCUT2D eigenvalue weighted by Gasteiger charge is 2.18. The van der Waals surface area contributed by atoms with Gasteiger partial charge in [0, 0.05) is 5.39 Å². The number of aromatic nitrogens is 2. The molecule has 0 spiro atoms. The second-order valence-electron chi connectivity index (χ2n) is 4.92. The van der Waals surface area contributed by atoms with Gasteiger partial charge in [0.05, 0.1) is 19.0 Å². The maximum atomic E-state index is 13.9. The zero-order chi connectivity index (χ0) is 17.3. The quantitative estimate of drug-likeness (QED) is 0.682. The average molecular weight is 329 g/mol. The molecule has 1 aromatic carbocycles. The third-order valence-electron chi connectivity index (χ3n) is 3.38. The first-order valence-electron chi connectivity index (χ1n) is 6.85. The van der Waals surface area contributed by atoms with Crippen LogP contribution >= 0.6 is 0 Å². The minimum absolute atomic E-state index is 0.0169. The van der Waals surface area contributed by atoms with E-state index in [-0.39, 0.29) is 17.0 Å². The first-order chi connectivity index (χ1) is 11.5. The van der Waals surface area contributed by atoms with E-state index in [0.717, 1.165) is 6.07 Å². The molecule has 3 aromatic rings. The molecule has 0 fully saturated rings. The van der Waals surface area contributed by atoms with E-state index in [9.17, 15) is 14.0 Å². The Morgan fingerprint density at radius 1 is 1.33 bits per heavy atom. The molecule has 0 saturated heterocycles. The number of methoxy groups -OCH3 is 1. The van der Waals surface area contributed by atoms with E-state index >= 15 is 0 Å². The number of nitrogens with zero attached hydrogens (tertiary/aromatic N) is 1. The molecule has 0 unspecified atom stereocenters. The van der Waals surface area contributed by atoms with Crippen LogP contribution in [0.1, 0.15) is 20.8 Å². The minimum Gasteiger partial charge on any atom is -0.496 e. The number of carbonyl (C=O) groups is 2. The zero-order valence-corrected chi connectivity index (χ0v) is 12.5. The molecule has 8 heteroatoms. The van der Waals surface area contributed by atoms with Crippen molar-refractivity contribution in [1.82, 2.24) is 9.97 Å². The number of hydrogen-bond donors (Lipinski definition) is 3. The number of H-pyrrole nitrogens is 1. The van der Waals surface area contributed by atoms with Crippen molar-refractivity contribution in [3.63, 3.8) is 0 Å². The molecule has 0 aliphatic rings. The number of carbonyl (C=O) groups excluding carboxylic acids is 1. The van der Waals surface area contributed by atoms with Crippen LogP contribution in [0.15, 0.2) is 36.5 Å². The Labute approximate surface area is 135 Å². The summed E-state index contributed by atoms with van der Waals surface area (Å²) in [6.07, 6.45) is 1.34. The molecule has 7 nitrogen and oxygen atoms in total. The van der Waals surface area contributed by atoms with Gasteiger partial charge in [0.2, 0.25) is 0 Å². The van der Waals surface area contributed by atoms with Gasteiger partial charge in [0.25, 0.3) is 5.91 Å². The van der Waals surface area contributed by atoms with Crippen molar-refractivity contribution in [3.8, 4) is 5.75 Å². The molecule has 122 valence electrons. The van der Waals surface area contributed by atoms with Crippen LogP contribution in [0.4, 0.5) is 10.1 Å². The van der Waals surface area contributed by atoms with Gasteiger partial charge < -0.3 is 20.1 Å². The lowest BCUT2D eigenvalue weighted by molar-refractivity contribution is 0.0691.